The third-order valence-electron chi connectivity index (χ3n) is 4.33. The van der Waals surface area contributed by atoms with Crippen LogP contribution in [-0.4, -0.2) is 15.5 Å². The van der Waals surface area contributed by atoms with Crippen LogP contribution in [0.1, 0.15) is 11.7 Å². The number of fused-ring (bicyclic) bond motifs is 4. The zero-order valence-electron chi connectivity index (χ0n) is 13.0. The molecule has 0 radical (unpaired) electrons. The van der Waals surface area contributed by atoms with Crippen LogP contribution in [0.5, 0.6) is 0 Å². The zero-order valence-corrected chi connectivity index (χ0v) is 13.0. The SMILES string of the molecule is NC1=N[C@@H](c2coc3ccccc3c2=O)n2c(nc3ccccc32)N1. The fraction of sp³-hybridized carbons (Fsp3) is 0.0556. The average molecular weight is 331 g/mol. The third kappa shape index (κ3) is 1.96. The predicted molar refractivity (Wildman–Crippen MR) is 95.6 cm³/mol. The van der Waals surface area contributed by atoms with Crippen molar-refractivity contribution in [1.82, 2.24) is 9.55 Å². The van der Waals surface area contributed by atoms with Crippen molar-refractivity contribution in [3.05, 3.63) is 70.6 Å². The number of para-hydroxylation sites is 3. The molecule has 4 aromatic rings. The van der Waals surface area contributed by atoms with Gasteiger partial charge in [-0.1, -0.05) is 24.3 Å². The normalized spacial score (nSPS) is 16.5. The molecule has 0 saturated carbocycles. The molecule has 25 heavy (non-hydrogen) atoms. The van der Waals surface area contributed by atoms with Gasteiger partial charge in [-0.3, -0.25) is 14.7 Å². The molecule has 0 unspecified atom stereocenters. The molecular formula is C18H13N5O2. The van der Waals surface area contributed by atoms with Crippen LogP contribution in [0.15, 0.2) is 69.0 Å². The van der Waals surface area contributed by atoms with Crippen LogP contribution in [0.3, 0.4) is 0 Å². The minimum absolute atomic E-state index is 0.131. The first-order valence-corrected chi connectivity index (χ1v) is 7.80. The molecule has 2 aromatic heterocycles. The maximum atomic E-state index is 13.0. The molecule has 3 N–H and O–H groups in total. The highest BCUT2D eigenvalue weighted by Crippen LogP contribution is 2.31. The van der Waals surface area contributed by atoms with Gasteiger partial charge in [0.1, 0.15) is 11.8 Å². The van der Waals surface area contributed by atoms with Gasteiger partial charge in [0.15, 0.2) is 17.6 Å². The molecule has 7 heteroatoms. The summed E-state index contributed by atoms with van der Waals surface area (Å²) in [5, 5.41) is 3.46. The first-order chi connectivity index (χ1) is 12.2. The highest BCUT2D eigenvalue weighted by Gasteiger charge is 2.27. The minimum Gasteiger partial charge on any atom is -0.464 e. The number of benzene rings is 2. The number of aromatic nitrogens is 2. The molecule has 122 valence electrons. The van der Waals surface area contributed by atoms with Gasteiger partial charge in [0.05, 0.1) is 22.0 Å². The van der Waals surface area contributed by atoms with Crippen LogP contribution in [0.25, 0.3) is 22.0 Å². The van der Waals surface area contributed by atoms with Crippen molar-refractivity contribution < 1.29 is 4.42 Å². The number of hydrogen-bond acceptors (Lipinski definition) is 6. The Bertz CT molecular complexity index is 1220. The van der Waals surface area contributed by atoms with E-state index in [9.17, 15) is 4.79 Å². The second kappa shape index (κ2) is 4.94. The summed E-state index contributed by atoms with van der Waals surface area (Å²) < 4.78 is 7.51. The lowest BCUT2D eigenvalue weighted by atomic mass is 10.1. The van der Waals surface area contributed by atoms with Crippen molar-refractivity contribution in [2.24, 2.45) is 10.7 Å². The third-order valence-corrected chi connectivity index (χ3v) is 4.33. The Balaban J connectivity index is 1.81. The average Bonchev–Trinajstić information content (AvgIpc) is 3.00. The fourth-order valence-corrected chi connectivity index (χ4v) is 3.20. The first kappa shape index (κ1) is 13.8. The number of aliphatic imine (C=N–C) groups is 1. The van der Waals surface area contributed by atoms with Gasteiger partial charge in [-0.05, 0) is 24.3 Å². The monoisotopic (exact) mass is 331 g/mol. The first-order valence-electron chi connectivity index (χ1n) is 7.80. The number of hydrogen-bond donors (Lipinski definition) is 2. The Hall–Kier alpha value is -3.61. The van der Waals surface area contributed by atoms with Crippen LogP contribution in [0.2, 0.25) is 0 Å². The number of guanidine groups is 1. The smallest absolute Gasteiger partial charge is 0.212 e. The van der Waals surface area contributed by atoms with E-state index in [1.165, 1.54) is 6.26 Å². The van der Waals surface area contributed by atoms with Crippen molar-refractivity contribution >= 4 is 33.9 Å². The summed E-state index contributed by atoms with van der Waals surface area (Å²) in [6.45, 7) is 0. The summed E-state index contributed by atoms with van der Waals surface area (Å²) in [6, 6.07) is 14.8. The summed E-state index contributed by atoms with van der Waals surface area (Å²) in [5.41, 5.74) is 8.39. The Morgan fingerprint density at radius 1 is 1.12 bits per heavy atom. The van der Waals surface area contributed by atoms with E-state index in [-0.39, 0.29) is 11.4 Å². The second-order valence-electron chi connectivity index (χ2n) is 5.82. The molecule has 0 saturated heterocycles. The highest BCUT2D eigenvalue weighted by atomic mass is 16.3. The summed E-state index contributed by atoms with van der Waals surface area (Å²) in [7, 11) is 0. The minimum atomic E-state index is -0.635. The van der Waals surface area contributed by atoms with Crippen molar-refractivity contribution in [3.8, 4) is 0 Å². The number of nitrogens with two attached hydrogens (primary N) is 1. The molecule has 0 bridgehead atoms. The zero-order chi connectivity index (χ0) is 17.0. The summed E-state index contributed by atoms with van der Waals surface area (Å²) >= 11 is 0. The molecule has 3 heterocycles. The van der Waals surface area contributed by atoms with Crippen LogP contribution in [0.4, 0.5) is 5.95 Å². The largest absolute Gasteiger partial charge is 0.464 e. The lowest BCUT2D eigenvalue weighted by Crippen LogP contribution is -2.33. The molecule has 0 spiro atoms. The number of nitrogens with zero attached hydrogens (tertiary/aromatic N) is 3. The topological polar surface area (TPSA) is 98.4 Å². The van der Waals surface area contributed by atoms with Gasteiger partial charge in [0.2, 0.25) is 5.95 Å². The lowest BCUT2D eigenvalue weighted by Gasteiger charge is -2.23. The Morgan fingerprint density at radius 3 is 2.84 bits per heavy atom. The van der Waals surface area contributed by atoms with Crippen molar-refractivity contribution in [1.29, 1.82) is 0 Å². The Morgan fingerprint density at radius 2 is 1.92 bits per heavy atom. The van der Waals surface area contributed by atoms with E-state index in [0.29, 0.717) is 22.5 Å². The fourth-order valence-electron chi connectivity index (χ4n) is 3.20. The van der Waals surface area contributed by atoms with Gasteiger partial charge in [-0.15, -0.1) is 0 Å². The molecule has 0 amide bonds. The van der Waals surface area contributed by atoms with E-state index in [2.05, 4.69) is 15.3 Å². The Labute approximate surface area is 141 Å². The number of nitrogens with one attached hydrogen (secondary N) is 1. The van der Waals surface area contributed by atoms with Crippen LogP contribution < -0.4 is 16.5 Å². The van der Waals surface area contributed by atoms with Crippen LogP contribution in [0, 0.1) is 0 Å². The van der Waals surface area contributed by atoms with Crippen molar-refractivity contribution in [2.45, 2.75) is 6.17 Å². The quantitative estimate of drug-likeness (QED) is 0.558. The van der Waals surface area contributed by atoms with Crippen LogP contribution >= 0.6 is 0 Å². The molecule has 7 nitrogen and oxygen atoms in total. The van der Waals surface area contributed by atoms with E-state index in [0.717, 1.165) is 11.0 Å². The van der Waals surface area contributed by atoms with Gasteiger partial charge in [-0.25, -0.2) is 9.98 Å². The van der Waals surface area contributed by atoms with Crippen molar-refractivity contribution in [3.63, 3.8) is 0 Å². The van der Waals surface area contributed by atoms with Gasteiger partial charge in [0.25, 0.3) is 0 Å². The van der Waals surface area contributed by atoms with Gasteiger partial charge in [0, 0.05) is 0 Å². The van der Waals surface area contributed by atoms with Gasteiger partial charge >= 0.3 is 0 Å². The molecule has 5 rings (SSSR count). The lowest BCUT2D eigenvalue weighted by molar-refractivity contribution is 0.554. The van der Waals surface area contributed by atoms with Gasteiger partial charge in [-0.2, -0.15) is 0 Å². The number of rotatable bonds is 1. The summed E-state index contributed by atoms with van der Waals surface area (Å²) in [6.07, 6.45) is 0.820. The van der Waals surface area contributed by atoms with Gasteiger partial charge < -0.3 is 10.2 Å². The standard InChI is InChI=1S/C18H13N5O2/c19-17-21-16(11-9-25-14-8-4-1-5-10(14)15(11)24)23-13-7-3-2-6-12(13)20-18(23)22-17/h1-9,16H,(H3,19,20,21,22)/t16-/m1/s1. The molecule has 1 aliphatic heterocycles. The maximum Gasteiger partial charge on any atom is 0.212 e. The highest BCUT2D eigenvalue weighted by molar-refractivity contribution is 5.94. The van der Waals surface area contributed by atoms with E-state index in [1.807, 2.05) is 34.9 Å². The molecule has 2 aromatic carbocycles. The molecule has 1 aliphatic rings. The summed E-state index contributed by atoms with van der Waals surface area (Å²) in [5.74, 6) is 0.756. The maximum absolute atomic E-state index is 13.0. The van der Waals surface area contributed by atoms with E-state index in [1.54, 1.807) is 18.2 Å². The van der Waals surface area contributed by atoms with Crippen molar-refractivity contribution in [2.75, 3.05) is 5.32 Å². The van der Waals surface area contributed by atoms with E-state index >= 15 is 0 Å². The summed E-state index contributed by atoms with van der Waals surface area (Å²) in [4.78, 5) is 21.9. The number of imidazole rings is 1. The van der Waals surface area contributed by atoms with E-state index < -0.39 is 6.17 Å². The van der Waals surface area contributed by atoms with Crippen LogP contribution in [-0.2, 0) is 0 Å². The Kier molecular flexibility index (Phi) is 2.73. The molecule has 1 atom stereocenters. The predicted octanol–water partition coefficient (Wildman–Crippen LogP) is 2.43. The van der Waals surface area contributed by atoms with E-state index in [4.69, 9.17) is 10.2 Å². The molecular weight excluding hydrogens is 318 g/mol. The second-order valence-corrected chi connectivity index (χ2v) is 5.82. The number of anilines is 1. The molecule has 0 fully saturated rings. The molecule has 0 aliphatic carbocycles.